The van der Waals surface area contributed by atoms with Crippen molar-refractivity contribution in [1.82, 2.24) is 10.2 Å². The van der Waals surface area contributed by atoms with Gasteiger partial charge in [0.15, 0.2) is 6.61 Å². The van der Waals surface area contributed by atoms with Crippen molar-refractivity contribution in [2.45, 2.75) is 44.6 Å². The van der Waals surface area contributed by atoms with Crippen LogP contribution >= 0.6 is 0 Å². The fourth-order valence-corrected chi connectivity index (χ4v) is 4.10. The Hall–Kier alpha value is -2.44. The van der Waals surface area contributed by atoms with E-state index in [0.29, 0.717) is 12.5 Å². The van der Waals surface area contributed by atoms with E-state index in [4.69, 9.17) is 4.74 Å². The molecule has 1 aromatic rings. The molecule has 0 bridgehead atoms. The first-order chi connectivity index (χ1) is 13.1. The summed E-state index contributed by atoms with van der Waals surface area (Å²) in [6, 6.07) is 5.77. The summed E-state index contributed by atoms with van der Waals surface area (Å²) in [4.78, 5) is 38.0. The molecule has 1 saturated heterocycles. The number of carbonyl (C=O) groups excluding carboxylic acids is 3. The van der Waals surface area contributed by atoms with Crippen molar-refractivity contribution in [3.8, 4) is 0 Å². The number of likely N-dealkylation sites (tertiary alicyclic amines) is 1. The SMILES string of the molecule is O=C(CNC(=O)c1ccccc1F)OCC(=O)N1CCC[C@@H]2CCCC[C@@H]21. The largest absolute Gasteiger partial charge is 0.454 e. The lowest BCUT2D eigenvalue weighted by molar-refractivity contribution is -0.154. The summed E-state index contributed by atoms with van der Waals surface area (Å²) in [6.07, 6.45) is 6.68. The molecule has 0 radical (unpaired) electrons. The van der Waals surface area contributed by atoms with Gasteiger partial charge in [0.2, 0.25) is 0 Å². The second kappa shape index (κ2) is 8.97. The van der Waals surface area contributed by atoms with E-state index in [0.717, 1.165) is 32.1 Å². The lowest BCUT2D eigenvalue weighted by Gasteiger charge is -2.44. The predicted molar refractivity (Wildman–Crippen MR) is 96.4 cm³/mol. The van der Waals surface area contributed by atoms with Crippen molar-refractivity contribution in [1.29, 1.82) is 0 Å². The smallest absolute Gasteiger partial charge is 0.325 e. The lowest BCUT2D eigenvalue weighted by atomic mass is 9.78. The zero-order valence-corrected chi connectivity index (χ0v) is 15.3. The molecular weight excluding hydrogens is 351 g/mol. The van der Waals surface area contributed by atoms with Crippen molar-refractivity contribution >= 4 is 17.8 Å². The third-order valence-electron chi connectivity index (χ3n) is 5.43. The number of rotatable bonds is 5. The maximum Gasteiger partial charge on any atom is 0.325 e. The Morgan fingerprint density at radius 3 is 2.67 bits per heavy atom. The first-order valence-corrected chi connectivity index (χ1v) is 9.54. The van der Waals surface area contributed by atoms with Gasteiger partial charge in [0.25, 0.3) is 11.8 Å². The number of benzene rings is 1. The maximum absolute atomic E-state index is 13.5. The molecular formula is C20H25FN2O4. The van der Waals surface area contributed by atoms with Crippen LogP contribution in [0.5, 0.6) is 0 Å². The number of hydrogen-bond acceptors (Lipinski definition) is 4. The molecule has 7 heteroatoms. The number of piperidine rings is 1. The number of carbonyl (C=O) groups is 3. The molecule has 2 aliphatic rings. The van der Waals surface area contributed by atoms with E-state index in [2.05, 4.69) is 5.32 Å². The Bertz CT molecular complexity index is 707. The van der Waals surface area contributed by atoms with Gasteiger partial charge in [-0.2, -0.15) is 0 Å². The first-order valence-electron chi connectivity index (χ1n) is 9.54. The van der Waals surface area contributed by atoms with Crippen LogP contribution in [0.1, 0.15) is 48.9 Å². The van der Waals surface area contributed by atoms with Gasteiger partial charge in [0.1, 0.15) is 12.4 Å². The fourth-order valence-electron chi connectivity index (χ4n) is 4.10. The Kier molecular flexibility index (Phi) is 6.42. The molecule has 1 heterocycles. The summed E-state index contributed by atoms with van der Waals surface area (Å²) >= 11 is 0. The topological polar surface area (TPSA) is 75.7 Å². The predicted octanol–water partition coefficient (Wildman–Crippen LogP) is 2.28. The first kappa shape index (κ1) is 19.3. The lowest BCUT2D eigenvalue weighted by Crippen LogP contribution is -2.51. The molecule has 2 amide bonds. The molecule has 1 aromatic carbocycles. The Morgan fingerprint density at radius 1 is 1.11 bits per heavy atom. The summed E-state index contributed by atoms with van der Waals surface area (Å²) in [5.74, 6) is -1.69. The quantitative estimate of drug-likeness (QED) is 0.800. The van der Waals surface area contributed by atoms with Crippen molar-refractivity contribution in [3.63, 3.8) is 0 Å². The van der Waals surface area contributed by atoms with Crippen LogP contribution in [0, 0.1) is 11.7 Å². The van der Waals surface area contributed by atoms with E-state index in [1.54, 1.807) is 0 Å². The van der Waals surface area contributed by atoms with Gasteiger partial charge in [-0.3, -0.25) is 14.4 Å². The van der Waals surface area contributed by atoms with Gasteiger partial charge in [0.05, 0.1) is 5.56 Å². The van der Waals surface area contributed by atoms with Gasteiger partial charge in [0, 0.05) is 12.6 Å². The molecule has 6 nitrogen and oxygen atoms in total. The molecule has 1 N–H and O–H groups in total. The van der Waals surface area contributed by atoms with Crippen molar-refractivity contribution < 1.29 is 23.5 Å². The molecule has 1 aliphatic carbocycles. The monoisotopic (exact) mass is 376 g/mol. The second-order valence-electron chi connectivity index (χ2n) is 7.16. The van der Waals surface area contributed by atoms with E-state index in [9.17, 15) is 18.8 Å². The highest BCUT2D eigenvalue weighted by Gasteiger charge is 2.35. The number of halogens is 1. The highest BCUT2D eigenvalue weighted by molar-refractivity contribution is 5.96. The zero-order chi connectivity index (χ0) is 19.2. The molecule has 146 valence electrons. The molecule has 1 saturated carbocycles. The molecule has 1 aliphatic heterocycles. The number of amides is 2. The van der Waals surface area contributed by atoms with Crippen molar-refractivity contribution in [3.05, 3.63) is 35.6 Å². The number of nitrogens with one attached hydrogen (secondary N) is 1. The van der Waals surface area contributed by atoms with E-state index in [1.807, 2.05) is 4.90 Å². The third kappa shape index (κ3) is 4.84. The normalized spacial score (nSPS) is 21.9. The van der Waals surface area contributed by atoms with Crippen LogP contribution in [0.3, 0.4) is 0 Å². The van der Waals surface area contributed by atoms with Gasteiger partial charge in [-0.05, 0) is 43.7 Å². The van der Waals surface area contributed by atoms with Crippen LogP contribution in [0.2, 0.25) is 0 Å². The number of esters is 1. The highest BCUT2D eigenvalue weighted by Crippen LogP contribution is 2.35. The van der Waals surface area contributed by atoms with Crippen LogP contribution in [0.25, 0.3) is 0 Å². The summed E-state index contributed by atoms with van der Waals surface area (Å²) in [6.45, 7) is -0.0221. The fraction of sp³-hybridized carbons (Fsp3) is 0.550. The minimum atomic E-state index is -0.717. The van der Waals surface area contributed by atoms with Crippen LogP contribution in [-0.4, -0.2) is 48.4 Å². The van der Waals surface area contributed by atoms with Crippen LogP contribution < -0.4 is 5.32 Å². The minimum Gasteiger partial charge on any atom is -0.454 e. The van der Waals surface area contributed by atoms with E-state index < -0.39 is 24.2 Å². The van der Waals surface area contributed by atoms with Gasteiger partial charge < -0.3 is 15.0 Å². The number of hydrogen-bond donors (Lipinski definition) is 1. The van der Waals surface area contributed by atoms with E-state index in [1.165, 1.54) is 30.7 Å². The summed E-state index contributed by atoms with van der Waals surface area (Å²) in [7, 11) is 0. The Labute approximate surface area is 158 Å². The van der Waals surface area contributed by atoms with Crippen LogP contribution in [0.15, 0.2) is 24.3 Å². The summed E-state index contributed by atoms with van der Waals surface area (Å²) < 4.78 is 18.5. The van der Waals surface area contributed by atoms with Crippen molar-refractivity contribution in [2.24, 2.45) is 5.92 Å². The van der Waals surface area contributed by atoms with Crippen molar-refractivity contribution in [2.75, 3.05) is 19.7 Å². The van der Waals surface area contributed by atoms with Gasteiger partial charge >= 0.3 is 5.97 Å². The summed E-state index contributed by atoms with van der Waals surface area (Å²) in [5, 5.41) is 2.31. The van der Waals surface area contributed by atoms with E-state index >= 15 is 0 Å². The molecule has 0 unspecified atom stereocenters. The average Bonchev–Trinajstić information content (AvgIpc) is 2.70. The molecule has 2 atom stereocenters. The standard InChI is InChI=1S/C20H25FN2O4/c21-16-9-3-2-8-15(16)20(26)22-12-19(25)27-13-18(24)23-11-5-7-14-6-1-4-10-17(14)23/h2-3,8-9,14,17H,1,4-7,10-13H2,(H,22,26)/t14-,17-/m0/s1. The third-order valence-corrected chi connectivity index (χ3v) is 5.43. The zero-order valence-electron chi connectivity index (χ0n) is 15.3. The second-order valence-corrected chi connectivity index (χ2v) is 7.16. The maximum atomic E-state index is 13.5. The molecule has 27 heavy (non-hydrogen) atoms. The van der Waals surface area contributed by atoms with Gasteiger partial charge in [-0.25, -0.2) is 4.39 Å². The highest BCUT2D eigenvalue weighted by atomic mass is 19.1. The number of ether oxygens (including phenoxy) is 1. The minimum absolute atomic E-state index is 0.141. The number of nitrogens with zero attached hydrogens (tertiary/aromatic N) is 1. The molecule has 2 fully saturated rings. The van der Waals surface area contributed by atoms with E-state index in [-0.39, 0.29) is 24.1 Å². The number of fused-ring (bicyclic) bond motifs is 1. The van der Waals surface area contributed by atoms with Crippen LogP contribution in [-0.2, 0) is 14.3 Å². The Balaban J connectivity index is 1.44. The Morgan fingerprint density at radius 2 is 1.85 bits per heavy atom. The van der Waals surface area contributed by atoms with Gasteiger partial charge in [-0.15, -0.1) is 0 Å². The average molecular weight is 376 g/mol. The van der Waals surface area contributed by atoms with Crippen LogP contribution in [0.4, 0.5) is 4.39 Å². The molecule has 0 aromatic heterocycles. The molecule has 0 spiro atoms. The molecule has 3 rings (SSSR count). The van der Waals surface area contributed by atoms with Gasteiger partial charge in [-0.1, -0.05) is 25.0 Å². The summed E-state index contributed by atoms with van der Waals surface area (Å²) in [5.41, 5.74) is -0.141.